The number of nitrogens with zero attached hydrogens (tertiary/aromatic N) is 3. The molecular formula is C28H37N5O3. The highest BCUT2D eigenvalue weighted by molar-refractivity contribution is 5.87. The first kappa shape index (κ1) is 27.2. The molecule has 0 aliphatic carbocycles. The fourth-order valence-electron chi connectivity index (χ4n) is 4.07. The van der Waals surface area contributed by atoms with Crippen molar-refractivity contribution in [1.29, 1.82) is 0 Å². The lowest BCUT2D eigenvalue weighted by Crippen LogP contribution is -2.44. The van der Waals surface area contributed by atoms with Crippen LogP contribution in [0.5, 0.6) is 0 Å². The largest absolute Gasteiger partial charge is 0.458 e. The highest BCUT2D eigenvalue weighted by atomic mass is 16.6. The van der Waals surface area contributed by atoms with Crippen LogP contribution in [-0.2, 0) is 14.3 Å². The fourth-order valence-corrected chi connectivity index (χ4v) is 4.07. The summed E-state index contributed by atoms with van der Waals surface area (Å²) in [5, 5.41) is 18.1. The first-order valence-corrected chi connectivity index (χ1v) is 12.8. The number of hydrogen-bond donors (Lipinski definition) is 2. The standard InChI is InChI=1S/C28H37N5O3/c1-5-8-15-24(34)26(29-19-28(4,7-3)36-25(35)12-6-2)21-16-17-22(20-13-10-9-11-14-20)23(18-21)27-30-32-33-31-27/h9-11,13-14,16-18,26,29H,5-8,12,15,19H2,1-4H3,(H,30,31,32,33)/t26-,28-/m0/s1. The molecule has 192 valence electrons. The molecule has 0 unspecified atom stereocenters. The van der Waals surface area contributed by atoms with Crippen LogP contribution in [0, 0.1) is 0 Å². The van der Waals surface area contributed by atoms with E-state index in [4.69, 9.17) is 4.74 Å². The summed E-state index contributed by atoms with van der Waals surface area (Å²) in [4.78, 5) is 25.6. The summed E-state index contributed by atoms with van der Waals surface area (Å²) in [5.74, 6) is 0.341. The Morgan fingerprint density at radius 2 is 1.81 bits per heavy atom. The van der Waals surface area contributed by atoms with Gasteiger partial charge in [0.1, 0.15) is 5.60 Å². The molecule has 2 N–H and O–H groups in total. The van der Waals surface area contributed by atoms with Crippen molar-refractivity contribution in [3.8, 4) is 22.5 Å². The lowest BCUT2D eigenvalue weighted by molar-refractivity contribution is -0.158. The number of H-pyrrole nitrogens is 1. The maximum absolute atomic E-state index is 13.4. The van der Waals surface area contributed by atoms with Crippen LogP contribution in [0.15, 0.2) is 48.5 Å². The highest BCUT2D eigenvalue weighted by Gasteiger charge is 2.30. The van der Waals surface area contributed by atoms with Gasteiger partial charge in [-0.2, -0.15) is 5.21 Å². The lowest BCUT2D eigenvalue weighted by Gasteiger charge is -2.31. The van der Waals surface area contributed by atoms with Crippen LogP contribution < -0.4 is 5.32 Å². The molecule has 0 saturated heterocycles. The lowest BCUT2D eigenvalue weighted by atomic mass is 9.91. The Hall–Kier alpha value is -3.39. The van der Waals surface area contributed by atoms with Crippen molar-refractivity contribution < 1.29 is 14.3 Å². The van der Waals surface area contributed by atoms with E-state index in [-0.39, 0.29) is 11.8 Å². The van der Waals surface area contributed by atoms with Crippen LogP contribution in [0.4, 0.5) is 0 Å². The van der Waals surface area contributed by atoms with Crippen LogP contribution in [0.2, 0.25) is 0 Å². The molecule has 8 nitrogen and oxygen atoms in total. The van der Waals surface area contributed by atoms with Gasteiger partial charge in [-0.25, -0.2) is 0 Å². The van der Waals surface area contributed by atoms with Gasteiger partial charge >= 0.3 is 5.97 Å². The molecule has 2 aromatic carbocycles. The van der Waals surface area contributed by atoms with E-state index in [1.165, 1.54) is 0 Å². The first-order valence-electron chi connectivity index (χ1n) is 12.8. The Labute approximate surface area is 213 Å². The van der Waals surface area contributed by atoms with E-state index >= 15 is 0 Å². The Morgan fingerprint density at radius 1 is 1.03 bits per heavy atom. The van der Waals surface area contributed by atoms with Gasteiger partial charge in [0.05, 0.1) is 6.04 Å². The van der Waals surface area contributed by atoms with Gasteiger partial charge in [-0.3, -0.25) is 14.9 Å². The second kappa shape index (κ2) is 13.1. The maximum atomic E-state index is 13.4. The molecule has 0 fully saturated rings. The minimum absolute atomic E-state index is 0.0988. The molecule has 3 aromatic rings. The van der Waals surface area contributed by atoms with Crippen molar-refractivity contribution in [3.05, 3.63) is 54.1 Å². The molecule has 0 bridgehead atoms. The molecule has 1 aromatic heterocycles. The van der Waals surface area contributed by atoms with Crippen LogP contribution in [0.25, 0.3) is 22.5 Å². The Kier molecular flexibility index (Phi) is 9.87. The predicted molar refractivity (Wildman–Crippen MR) is 140 cm³/mol. The zero-order valence-electron chi connectivity index (χ0n) is 21.7. The number of nitrogens with one attached hydrogen (secondary N) is 2. The van der Waals surface area contributed by atoms with E-state index in [2.05, 4.69) is 32.9 Å². The third-order valence-electron chi connectivity index (χ3n) is 6.39. The Balaban J connectivity index is 1.96. The third kappa shape index (κ3) is 7.07. The number of ether oxygens (including phenoxy) is 1. The number of tetrazole rings is 1. The average molecular weight is 492 g/mol. The van der Waals surface area contributed by atoms with Crippen LogP contribution in [0.1, 0.15) is 77.8 Å². The highest BCUT2D eigenvalue weighted by Crippen LogP contribution is 2.33. The van der Waals surface area contributed by atoms with Crippen LogP contribution in [-0.4, -0.2) is 44.5 Å². The molecule has 0 aliphatic heterocycles. The molecule has 0 aliphatic rings. The predicted octanol–water partition coefficient (Wildman–Crippen LogP) is 5.44. The van der Waals surface area contributed by atoms with E-state index in [0.717, 1.165) is 41.5 Å². The molecular weight excluding hydrogens is 454 g/mol. The van der Waals surface area contributed by atoms with Gasteiger partial charge < -0.3 is 4.74 Å². The Morgan fingerprint density at radius 3 is 2.44 bits per heavy atom. The number of carbonyl (C=O) groups is 2. The smallest absolute Gasteiger partial charge is 0.306 e. The molecule has 8 heteroatoms. The minimum atomic E-state index is -0.712. The van der Waals surface area contributed by atoms with Crippen LogP contribution >= 0.6 is 0 Å². The number of unbranched alkanes of at least 4 members (excludes halogenated alkanes) is 1. The molecule has 0 amide bonds. The first-order chi connectivity index (χ1) is 17.4. The maximum Gasteiger partial charge on any atom is 0.306 e. The van der Waals surface area contributed by atoms with Crippen molar-refractivity contribution in [2.75, 3.05) is 6.54 Å². The second-order valence-corrected chi connectivity index (χ2v) is 9.32. The topological polar surface area (TPSA) is 110 Å². The molecule has 0 radical (unpaired) electrons. The van der Waals surface area contributed by atoms with Crippen molar-refractivity contribution in [2.24, 2.45) is 0 Å². The second-order valence-electron chi connectivity index (χ2n) is 9.32. The summed E-state index contributed by atoms with van der Waals surface area (Å²) in [6, 6.07) is 15.4. The molecule has 0 spiro atoms. The molecule has 3 rings (SSSR count). The van der Waals surface area contributed by atoms with Crippen molar-refractivity contribution >= 4 is 11.8 Å². The van der Waals surface area contributed by atoms with Crippen molar-refractivity contribution in [2.45, 2.75) is 77.9 Å². The molecule has 0 saturated carbocycles. The summed E-state index contributed by atoms with van der Waals surface area (Å²) in [5.41, 5.74) is 2.86. The SMILES string of the molecule is CCCCC(=O)[C@@H](NC[C@](C)(CC)OC(=O)CCC)c1ccc(-c2ccccc2)c(-c2nn[nH]n2)c1. The summed E-state index contributed by atoms with van der Waals surface area (Å²) in [7, 11) is 0. The number of Topliss-reactive ketones (excluding diaryl/α,β-unsaturated/α-hetero) is 1. The van der Waals surface area contributed by atoms with Gasteiger partial charge in [-0.1, -0.05) is 69.7 Å². The quantitative estimate of drug-likeness (QED) is 0.289. The number of carbonyl (C=O) groups excluding carboxylic acids is 2. The van der Waals surface area contributed by atoms with E-state index in [0.29, 0.717) is 31.6 Å². The van der Waals surface area contributed by atoms with E-state index < -0.39 is 11.6 Å². The number of aromatic nitrogens is 4. The summed E-state index contributed by atoms with van der Waals surface area (Å²) < 4.78 is 5.79. The van der Waals surface area contributed by atoms with Crippen molar-refractivity contribution in [3.63, 3.8) is 0 Å². The monoisotopic (exact) mass is 491 g/mol. The number of aromatic amines is 1. The average Bonchev–Trinajstić information content (AvgIpc) is 3.43. The zero-order chi connectivity index (χ0) is 26.0. The number of ketones is 1. The summed E-state index contributed by atoms with van der Waals surface area (Å²) in [6.45, 7) is 8.27. The number of benzene rings is 2. The van der Waals surface area contributed by atoms with Crippen molar-refractivity contribution in [1.82, 2.24) is 25.9 Å². The van der Waals surface area contributed by atoms with Gasteiger partial charge in [-0.15, -0.1) is 10.2 Å². The fraction of sp³-hybridized carbons (Fsp3) is 0.464. The van der Waals surface area contributed by atoms with E-state index in [9.17, 15) is 9.59 Å². The third-order valence-corrected chi connectivity index (χ3v) is 6.39. The van der Waals surface area contributed by atoms with Gasteiger partial charge in [0.2, 0.25) is 5.82 Å². The molecule has 1 heterocycles. The normalized spacial score (nSPS) is 13.7. The number of rotatable bonds is 14. The van der Waals surface area contributed by atoms with Gasteiger partial charge in [-0.05, 0) is 54.2 Å². The van der Waals surface area contributed by atoms with Crippen LogP contribution in [0.3, 0.4) is 0 Å². The zero-order valence-corrected chi connectivity index (χ0v) is 21.7. The Bertz CT molecular complexity index is 1120. The van der Waals surface area contributed by atoms with Gasteiger partial charge in [0, 0.05) is 24.9 Å². The number of hydrogen-bond acceptors (Lipinski definition) is 7. The number of esters is 1. The van der Waals surface area contributed by atoms with E-state index in [1.54, 1.807) is 0 Å². The minimum Gasteiger partial charge on any atom is -0.458 e. The molecule has 2 atom stereocenters. The van der Waals surface area contributed by atoms with E-state index in [1.807, 2.05) is 69.3 Å². The van der Waals surface area contributed by atoms with Gasteiger partial charge in [0.15, 0.2) is 5.78 Å². The molecule has 36 heavy (non-hydrogen) atoms. The van der Waals surface area contributed by atoms with Gasteiger partial charge in [0.25, 0.3) is 0 Å². The summed E-state index contributed by atoms with van der Waals surface area (Å²) >= 11 is 0. The summed E-state index contributed by atoms with van der Waals surface area (Å²) in [6.07, 6.45) is 3.95.